The zero-order valence-corrected chi connectivity index (χ0v) is 12.7. The molecule has 0 aromatic carbocycles. The molecule has 0 spiro atoms. The highest BCUT2D eigenvalue weighted by Crippen LogP contribution is 2.12. The number of pyridine rings is 1. The van der Waals surface area contributed by atoms with Gasteiger partial charge in [-0.1, -0.05) is 20.8 Å². The topological polar surface area (TPSA) is 37.4 Å². The van der Waals surface area contributed by atoms with Gasteiger partial charge in [0.1, 0.15) is 6.61 Å². The lowest BCUT2D eigenvalue weighted by Crippen LogP contribution is -2.28. The van der Waals surface area contributed by atoms with Gasteiger partial charge in [0.2, 0.25) is 5.88 Å². The third-order valence-corrected chi connectivity index (χ3v) is 3.12. The monoisotopic (exact) mass is 265 g/mol. The molecule has 0 radical (unpaired) electrons. The van der Waals surface area contributed by atoms with Crippen molar-refractivity contribution in [3.05, 3.63) is 23.4 Å². The number of nitrogens with one attached hydrogen (secondary N) is 1. The van der Waals surface area contributed by atoms with Gasteiger partial charge in [-0.05, 0) is 38.2 Å². The van der Waals surface area contributed by atoms with Crippen LogP contribution in [0.1, 0.15) is 32.0 Å². The Morgan fingerprint density at radius 1 is 1.21 bits per heavy atom. The van der Waals surface area contributed by atoms with Gasteiger partial charge in [0, 0.05) is 24.8 Å². The molecule has 1 heterocycles. The Labute approximate surface area is 117 Å². The summed E-state index contributed by atoms with van der Waals surface area (Å²) in [6.07, 6.45) is 0. The molecule has 0 fully saturated rings. The molecule has 19 heavy (non-hydrogen) atoms. The van der Waals surface area contributed by atoms with E-state index >= 15 is 0 Å². The maximum Gasteiger partial charge on any atom is 0.213 e. The van der Waals surface area contributed by atoms with Crippen molar-refractivity contribution >= 4 is 0 Å². The van der Waals surface area contributed by atoms with E-state index in [0.717, 1.165) is 44.3 Å². The van der Waals surface area contributed by atoms with Crippen molar-refractivity contribution in [3.63, 3.8) is 0 Å². The molecule has 0 bridgehead atoms. The second-order valence-electron chi connectivity index (χ2n) is 4.61. The van der Waals surface area contributed by atoms with E-state index in [1.807, 2.05) is 13.0 Å². The van der Waals surface area contributed by atoms with Crippen LogP contribution in [0.3, 0.4) is 0 Å². The van der Waals surface area contributed by atoms with E-state index in [2.05, 4.69) is 42.0 Å². The van der Waals surface area contributed by atoms with Gasteiger partial charge in [-0.25, -0.2) is 4.98 Å². The summed E-state index contributed by atoms with van der Waals surface area (Å²) >= 11 is 0. The Balaban J connectivity index is 2.50. The Morgan fingerprint density at radius 3 is 2.58 bits per heavy atom. The number of ether oxygens (including phenoxy) is 1. The Kier molecular flexibility index (Phi) is 7.45. The van der Waals surface area contributed by atoms with E-state index in [1.165, 1.54) is 5.56 Å². The fraction of sp³-hybridized carbons (Fsp3) is 0.667. The lowest BCUT2D eigenvalue weighted by Gasteiger charge is -2.18. The zero-order chi connectivity index (χ0) is 14.1. The Morgan fingerprint density at radius 2 is 1.95 bits per heavy atom. The molecule has 1 aromatic heterocycles. The standard InChI is InChI=1S/C15H27N3O/c1-5-16-12-14-10-13(4)17-15(11-14)19-9-8-18(6-2)7-3/h10-11,16H,5-9,12H2,1-4H3. The summed E-state index contributed by atoms with van der Waals surface area (Å²) < 4.78 is 5.76. The van der Waals surface area contributed by atoms with Crippen LogP contribution in [0.4, 0.5) is 0 Å². The van der Waals surface area contributed by atoms with Crippen LogP contribution >= 0.6 is 0 Å². The second-order valence-corrected chi connectivity index (χ2v) is 4.61. The lowest BCUT2D eigenvalue weighted by atomic mass is 10.2. The highest BCUT2D eigenvalue weighted by Gasteiger charge is 2.03. The average Bonchev–Trinajstić information content (AvgIpc) is 2.41. The zero-order valence-electron chi connectivity index (χ0n) is 12.7. The van der Waals surface area contributed by atoms with Crippen LogP contribution < -0.4 is 10.1 Å². The van der Waals surface area contributed by atoms with Gasteiger partial charge in [0.05, 0.1) is 0 Å². The molecular formula is C15H27N3O. The highest BCUT2D eigenvalue weighted by molar-refractivity contribution is 5.24. The van der Waals surface area contributed by atoms with Gasteiger partial charge in [-0.3, -0.25) is 0 Å². The van der Waals surface area contributed by atoms with Crippen LogP contribution in [0.25, 0.3) is 0 Å². The van der Waals surface area contributed by atoms with Gasteiger partial charge in [-0.2, -0.15) is 0 Å². The van der Waals surface area contributed by atoms with Gasteiger partial charge in [-0.15, -0.1) is 0 Å². The quantitative estimate of drug-likeness (QED) is 0.743. The van der Waals surface area contributed by atoms with Crippen LogP contribution in [0.5, 0.6) is 5.88 Å². The first kappa shape index (κ1) is 15.9. The Bertz CT molecular complexity index is 364. The molecule has 0 atom stereocenters. The van der Waals surface area contributed by atoms with Gasteiger partial charge < -0.3 is 15.0 Å². The average molecular weight is 265 g/mol. The maximum atomic E-state index is 5.76. The molecule has 1 rings (SSSR count). The smallest absolute Gasteiger partial charge is 0.213 e. The summed E-state index contributed by atoms with van der Waals surface area (Å²) in [7, 11) is 0. The summed E-state index contributed by atoms with van der Waals surface area (Å²) in [5.41, 5.74) is 2.24. The molecule has 4 heteroatoms. The molecule has 0 aliphatic carbocycles. The first-order valence-corrected chi connectivity index (χ1v) is 7.23. The van der Waals surface area contributed by atoms with Crippen molar-refractivity contribution in [2.24, 2.45) is 0 Å². The van der Waals surface area contributed by atoms with Crippen molar-refractivity contribution in [1.29, 1.82) is 0 Å². The molecule has 0 aliphatic rings. The predicted molar refractivity (Wildman–Crippen MR) is 79.6 cm³/mol. The molecule has 0 amide bonds. The van der Waals surface area contributed by atoms with Crippen LogP contribution in [-0.4, -0.2) is 42.7 Å². The first-order valence-electron chi connectivity index (χ1n) is 7.23. The number of aromatic nitrogens is 1. The molecule has 108 valence electrons. The number of aryl methyl sites for hydroxylation is 1. The van der Waals surface area contributed by atoms with E-state index in [-0.39, 0.29) is 0 Å². The fourth-order valence-corrected chi connectivity index (χ4v) is 1.97. The SMILES string of the molecule is CCNCc1cc(C)nc(OCCN(CC)CC)c1. The highest BCUT2D eigenvalue weighted by atomic mass is 16.5. The third kappa shape index (κ3) is 6.03. The van der Waals surface area contributed by atoms with Crippen molar-refractivity contribution in [1.82, 2.24) is 15.2 Å². The first-order chi connectivity index (χ1) is 9.19. The molecule has 1 N–H and O–H groups in total. The molecule has 1 aromatic rings. The summed E-state index contributed by atoms with van der Waals surface area (Å²) in [6, 6.07) is 4.12. The number of hydrogen-bond acceptors (Lipinski definition) is 4. The van der Waals surface area contributed by atoms with E-state index in [9.17, 15) is 0 Å². The third-order valence-electron chi connectivity index (χ3n) is 3.12. The van der Waals surface area contributed by atoms with Gasteiger partial charge in [0.25, 0.3) is 0 Å². The molecular weight excluding hydrogens is 238 g/mol. The van der Waals surface area contributed by atoms with Crippen LogP contribution in [0.15, 0.2) is 12.1 Å². The number of nitrogens with zero attached hydrogens (tertiary/aromatic N) is 2. The second kappa shape index (κ2) is 8.88. The summed E-state index contributed by atoms with van der Waals surface area (Å²) in [4.78, 5) is 6.76. The van der Waals surface area contributed by atoms with Crippen molar-refractivity contribution < 1.29 is 4.74 Å². The summed E-state index contributed by atoms with van der Waals surface area (Å²) in [5.74, 6) is 0.736. The van der Waals surface area contributed by atoms with Gasteiger partial charge in [0.15, 0.2) is 0 Å². The number of hydrogen-bond donors (Lipinski definition) is 1. The normalized spacial score (nSPS) is 11.0. The largest absolute Gasteiger partial charge is 0.476 e. The van der Waals surface area contributed by atoms with Gasteiger partial charge >= 0.3 is 0 Å². The summed E-state index contributed by atoms with van der Waals surface area (Å²) in [5, 5.41) is 3.32. The van der Waals surface area contributed by atoms with Crippen molar-refractivity contribution in [2.75, 3.05) is 32.8 Å². The molecule has 0 aliphatic heterocycles. The minimum absolute atomic E-state index is 0.693. The van der Waals surface area contributed by atoms with Crippen molar-refractivity contribution in [3.8, 4) is 5.88 Å². The van der Waals surface area contributed by atoms with Crippen LogP contribution in [0, 0.1) is 6.92 Å². The summed E-state index contributed by atoms with van der Waals surface area (Å²) in [6.45, 7) is 14.1. The molecule has 0 saturated carbocycles. The number of rotatable bonds is 9. The predicted octanol–water partition coefficient (Wildman–Crippen LogP) is 2.22. The number of likely N-dealkylation sites (N-methyl/N-ethyl adjacent to an activating group) is 1. The fourth-order valence-electron chi connectivity index (χ4n) is 1.97. The Hall–Kier alpha value is -1.13. The lowest BCUT2D eigenvalue weighted by molar-refractivity contribution is 0.217. The van der Waals surface area contributed by atoms with E-state index in [4.69, 9.17) is 4.74 Å². The maximum absolute atomic E-state index is 5.76. The van der Waals surface area contributed by atoms with Crippen LogP contribution in [0.2, 0.25) is 0 Å². The molecule has 0 saturated heterocycles. The van der Waals surface area contributed by atoms with Crippen LogP contribution in [-0.2, 0) is 6.54 Å². The van der Waals surface area contributed by atoms with E-state index in [0.29, 0.717) is 6.61 Å². The minimum atomic E-state index is 0.693. The molecule has 4 nitrogen and oxygen atoms in total. The van der Waals surface area contributed by atoms with E-state index < -0.39 is 0 Å². The van der Waals surface area contributed by atoms with Crippen molar-refractivity contribution in [2.45, 2.75) is 34.2 Å². The van der Waals surface area contributed by atoms with E-state index in [1.54, 1.807) is 0 Å². The minimum Gasteiger partial charge on any atom is -0.476 e. The molecule has 0 unspecified atom stereocenters.